The number of ether oxygens (including phenoxy) is 2. The summed E-state index contributed by atoms with van der Waals surface area (Å²) >= 11 is 0. The van der Waals surface area contributed by atoms with E-state index in [0.29, 0.717) is 25.4 Å². The molecule has 1 aromatic carbocycles. The predicted molar refractivity (Wildman–Crippen MR) is 90.4 cm³/mol. The molecule has 0 amide bonds. The molecule has 0 unspecified atom stereocenters. The van der Waals surface area contributed by atoms with Crippen LogP contribution in [0.5, 0.6) is 11.5 Å². The van der Waals surface area contributed by atoms with E-state index in [4.69, 9.17) is 9.47 Å². The van der Waals surface area contributed by atoms with Crippen molar-refractivity contribution in [2.24, 2.45) is 17.8 Å². The lowest BCUT2D eigenvalue weighted by Gasteiger charge is -2.45. The third-order valence-corrected chi connectivity index (χ3v) is 5.08. The summed E-state index contributed by atoms with van der Waals surface area (Å²) in [5.41, 5.74) is -0.742. The fraction of sp³-hybridized carbons (Fsp3) is 0.684. The van der Waals surface area contributed by atoms with Crippen LogP contribution in [0.25, 0.3) is 0 Å². The number of nitrogens with zero attached hydrogens (tertiary/aromatic N) is 1. The predicted octanol–water partition coefficient (Wildman–Crippen LogP) is 4.61. The number of fused-ring (bicyclic) bond motifs is 2. The van der Waals surface area contributed by atoms with Crippen molar-refractivity contribution < 1.29 is 27.9 Å². The Kier molecular flexibility index (Phi) is 5.67. The van der Waals surface area contributed by atoms with Gasteiger partial charge in [0.05, 0.1) is 12.2 Å². The first-order chi connectivity index (χ1) is 12.2. The molecule has 1 heterocycles. The van der Waals surface area contributed by atoms with E-state index in [1.807, 2.05) is 13.8 Å². The van der Waals surface area contributed by atoms with Crippen LogP contribution < -0.4 is 9.47 Å². The summed E-state index contributed by atoms with van der Waals surface area (Å²) in [4.78, 5) is 0. The lowest BCUT2D eigenvalue weighted by Crippen LogP contribution is -2.52. The van der Waals surface area contributed by atoms with Crippen molar-refractivity contribution in [2.45, 2.75) is 45.4 Å². The molecule has 0 spiro atoms. The minimum absolute atomic E-state index is 0.106. The van der Waals surface area contributed by atoms with Gasteiger partial charge in [0.1, 0.15) is 6.10 Å². The molecular weight excluding hydrogens is 347 g/mol. The third kappa shape index (κ3) is 4.43. The molecule has 1 aliphatic carbocycles. The second-order valence-electron chi connectivity index (χ2n) is 7.77. The average molecular weight is 373 g/mol. The lowest BCUT2D eigenvalue weighted by atomic mass is 9.76. The number of hydroxylamine groups is 2. The molecule has 7 heteroatoms. The summed E-state index contributed by atoms with van der Waals surface area (Å²) < 4.78 is 51.0. The quantitative estimate of drug-likeness (QED) is 0.819. The van der Waals surface area contributed by atoms with Gasteiger partial charge in [-0.15, -0.1) is 0 Å². The van der Waals surface area contributed by atoms with Crippen LogP contribution in [0.1, 0.15) is 38.7 Å². The molecule has 2 atom stereocenters. The topological polar surface area (TPSA) is 41.9 Å². The van der Waals surface area contributed by atoms with Crippen LogP contribution in [0, 0.1) is 17.8 Å². The maximum Gasteiger partial charge on any atom is 0.416 e. The average Bonchev–Trinajstić information content (AvgIpc) is 2.53. The summed E-state index contributed by atoms with van der Waals surface area (Å²) in [6.07, 6.45) is -1.55. The zero-order valence-corrected chi connectivity index (χ0v) is 15.1. The van der Waals surface area contributed by atoms with Crippen LogP contribution in [0.15, 0.2) is 18.2 Å². The first-order valence-electron chi connectivity index (χ1n) is 9.18. The number of benzene rings is 1. The van der Waals surface area contributed by atoms with Gasteiger partial charge in [0.2, 0.25) is 0 Å². The Morgan fingerprint density at radius 3 is 2.38 bits per heavy atom. The normalized spacial score (nSPS) is 26.8. The van der Waals surface area contributed by atoms with Gasteiger partial charge in [-0.25, -0.2) is 0 Å². The molecular formula is C19H26F3NO3. The van der Waals surface area contributed by atoms with E-state index >= 15 is 0 Å². The Labute approximate surface area is 151 Å². The van der Waals surface area contributed by atoms with Crippen molar-refractivity contribution in [3.05, 3.63) is 23.8 Å². The SMILES string of the molecule is CC(C)COc1cc(C(F)(F)F)ccc1OC1[C@H]2CCC[C@H]1CN(O)C2. The minimum atomic E-state index is -4.42. The third-order valence-electron chi connectivity index (χ3n) is 5.08. The van der Waals surface area contributed by atoms with Gasteiger partial charge in [-0.3, -0.25) is 0 Å². The molecule has 2 bridgehead atoms. The molecule has 1 aliphatic heterocycles. The van der Waals surface area contributed by atoms with Crippen LogP contribution in [0.3, 0.4) is 0 Å². The monoisotopic (exact) mass is 373 g/mol. The molecule has 2 aliphatic rings. The Balaban J connectivity index is 1.83. The van der Waals surface area contributed by atoms with Crippen LogP contribution in [0.4, 0.5) is 13.2 Å². The molecule has 0 aromatic heterocycles. The highest BCUT2D eigenvalue weighted by molar-refractivity contribution is 5.44. The summed E-state index contributed by atoms with van der Waals surface area (Å²) in [5, 5.41) is 11.2. The van der Waals surface area contributed by atoms with E-state index < -0.39 is 11.7 Å². The van der Waals surface area contributed by atoms with Gasteiger partial charge in [-0.05, 0) is 37.0 Å². The molecule has 4 nitrogen and oxygen atoms in total. The van der Waals surface area contributed by atoms with Crippen molar-refractivity contribution in [2.75, 3.05) is 19.7 Å². The first kappa shape index (κ1) is 19.3. The molecule has 1 N–H and O–H groups in total. The highest BCUT2D eigenvalue weighted by Crippen LogP contribution is 2.41. The van der Waals surface area contributed by atoms with Crippen molar-refractivity contribution in [3.63, 3.8) is 0 Å². The number of piperidine rings is 1. The molecule has 0 radical (unpaired) electrons. The van der Waals surface area contributed by atoms with Crippen molar-refractivity contribution in [1.29, 1.82) is 0 Å². The van der Waals surface area contributed by atoms with Crippen molar-refractivity contribution >= 4 is 0 Å². The number of rotatable bonds is 5. The van der Waals surface area contributed by atoms with Gasteiger partial charge >= 0.3 is 6.18 Å². The summed E-state index contributed by atoms with van der Waals surface area (Å²) in [6.45, 7) is 5.26. The molecule has 146 valence electrons. The van der Waals surface area contributed by atoms with E-state index in [0.717, 1.165) is 31.4 Å². The van der Waals surface area contributed by atoms with Gasteiger partial charge in [0.15, 0.2) is 11.5 Å². The fourth-order valence-electron chi connectivity index (χ4n) is 3.85. The molecule has 26 heavy (non-hydrogen) atoms. The molecule has 1 saturated heterocycles. The van der Waals surface area contributed by atoms with Gasteiger partial charge in [-0.2, -0.15) is 18.2 Å². The smallest absolute Gasteiger partial charge is 0.416 e. The Morgan fingerprint density at radius 2 is 1.81 bits per heavy atom. The fourth-order valence-corrected chi connectivity index (χ4v) is 3.85. The Bertz CT molecular complexity index is 607. The summed E-state index contributed by atoms with van der Waals surface area (Å²) in [5.74, 6) is 1.03. The minimum Gasteiger partial charge on any atom is -0.489 e. The Hall–Kier alpha value is -1.47. The van der Waals surface area contributed by atoms with Crippen LogP contribution >= 0.6 is 0 Å². The first-order valence-corrected chi connectivity index (χ1v) is 9.18. The maximum atomic E-state index is 13.1. The number of halogens is 3. The van der Waals surface area contributed by atoms with Crippen LogP contribution in [-0.4, -0.2) is 36.1 Å². The van der Waals surface area contributed by atoms with Crippen molar-refractivity contribution in [3.8, 4) is 11.5 Å². The zero-order chi connectivity index (χ0) is 18.9. The van der Waals surface area contributed by atoms with Gasteiger partial charge in [0.25, 0.3) is 0 Å². The highest BCUT2D eigenvalue weighted by Gasteiger charge is 2.41. The van der Waals surface area contributed by atoms with Crippen LogP contribution in [0.2, 0.25) is 0 Å². The van der Waals surface area contributed by atoms with Gasteiger partial charge in [-0.1, -0.05) is 20.3 Å². The number of hydrogen-bond donors (Lipinski definition) is 1. The maximum absolute atomic E-state index is 13.1. The standard InChI is InChI=1S/C19H26F3NO3/c1-12(2)11-25-17-8-15(19(20,21)22)6-7-16(17)26-18-13-4-3-5-14(18)10-23(24)9-13/h6-8,12-14,18,24H,3-5,9-11H2,1-2H3/t13-,14-/m0/s1. The van der Waals surface area contributed by atoms with E-state index in [1.54, 1.807) is 0 Å². The van der Waals surface area contributed by atoms with Crippen LogP contribution in [-0.2, 0) is 6.18 Å². The summed E-state index contributed by atoms with van der Waals surface area (Å²) in [6, 6.07) is 3.42. The highest BCUT2D eigenvalue weighted by atomic mass is 19.4. The second-order valence-corrected chi connectivity index (χ2v) is 7.77. The number of alkyl halides is 3. The molecule has 2 fully saturated rings. The van der Waals surface area contributed by atoms with Gasteiger partial charge in [0, 0.05) is 24.9 Å². The molecule has 1 aromatic rings. The lowest BCUT2D eigenvalue weighted by molar-refractivity contribution is -0.170. The van der Waals surface area contributed by atoms with E-state index in [1.165, 1.54) is 11.1 Å². The molecule has 1 saturated carbocycles. The van der Waals surface area contributed by atoms with E-state index in [-0.39, 0.29) is 29.6 Å². The number of hydrogen-bond acceptors (Lipinski definition) is 4. The zero-order valence-electron chi connectivity index (χ0n) is 15.1. The van der Waals surface area contributed by atoms with Crippen molar-refractivity contribution in [1.82, 2.24) is 5.06 Å². The van der Waals surface area contributed by atoms with E-state index in [9.17, 15) is 18.4 Å². The largest absolute Gasteiger partial charge is 0.489 e. The molecule has 3 rings (SSSR count). The second kappa shape index (κ2) is 7.64. The summed E-state index contributed by atoms with van der Waals surface area (Å²) in [7, 11) is 0. The van der Waals surface area contributed by atoms with E-state index in [2.05, 4.69) is 0 Å². The van der Waals surface area contributed by atoms with Gasteiger partial charge < -0.3 is 14.7 Å². The Morgan fingerprint density at radius 1 is 1.15 bits per heavy atom.